The molecule has 0 aliphatic rings. The minimum atomic E-state index is 0.765. The maximum absolute atomic E-state index is 5.37. The van der Waals surface area contributed by atoms with Crippen molar-refractivity contribution < 1.29 is 9.47 Å². The fourth-order valence-electron chi connectivity index (χ4n) is 2.08. The first-order chi connectivity index (χ1) is 10.3. The van der Waals surface area contributed by atoms with Gasteiger partial charge in [-0.2, -0.15) is 0 Å². The summed E-state index contributed by atoms with van der Waals surface area (Å²) in [4.78, 5) is 5.23. The van der Waals surface area contributed by atoms with Gasteiger partial charge in [0.25, 0.3) is 0 Å². The lowest BCUT2D eigenvalue weighted by molar-refractivity contribution is 0.353. The molecule has 5 nitrogen and oxygen atoms in total. The molecular weight excluding hydrogens is 286 g/mol. The molecule has 1 aromatic heterocycles. The molecule has 6 heteroatoms. The molecule has 0 spiro atoms. The van der Waals surface area contributed by atoms with Crippen LogP contribution < -0.4 is 14.8 Å². The molecule has 0 bridgehead atoms. The molecule has 0 aliphatic heterocycles. The Balaban J connectivity index is 1.97. The standard InChI is InChI=1S/C15H21N3O2S/c1-19-13-8-12(15(21-3)9-14(13)20-2)10-16-4-6-18-7-5-17-11-18/h5,7-9,11,16H,4,6,10H2,1-3H3. The minimum absolute atomic E-state index is 0.765. The SMILES string of the molecule is COc1cc(CNCCn2ccnc2)c(SC)cc1OC. The van der Waals surface area contributed by atoms with Crippen LogP contribution in [0.1, 0.15) is 5.56 Å². The molecule has 0 unspecified atom stereocenters. The maximum Gasteiger partial charge on any atom is 0.161 e. The van der Waals surface area contributed by atoms with Crippen molar-refractivity contribution in [2.45, 2.75) is 18.0 Å². The van der Waals surface area contributed by atoms with Crippen LogP contribution in [-0.4, -0.2) is 36.6 Å². The van der Waals surface area contributed by atoms with Crippen molar-refractivity contribution in [1.82, 2.24) is 14.9 Å². The number of hydrogen-bond donors (Lipinski definition) is 1. The van der Waals surface area contributed by atoms with E-state index in [2.05, 4.69) is 21.1 Å². The van der Waals surface area contributed by atoms with E-state index < -0.39 is 0 Å². The highest BCUT2D eigenvalue weighted by Gasteiger charge is 2.10. The van der Waals surface area contributed by atoms with Crippen molar-refractivity contribution in [1.29, 1.82) is 0 Å². The van der Waals surface area contributed by atoms with E-state index in [1.807, 2.05) is 24.7 Å². The fourth-order valence-corrected chi connectivity index (χ4v) is 2.70. The third-order valence-electron chi connectivity index (χ3n) is 3.21. The van der Waals surface area contributed by atoms with Crippen LogP contribution in [0.3, 0.4) is 0 Å². The number of benzene rings is 1. The summed E-state index contributed by atoms with van der Waals surface area (Å²) < 4.78 is 12.8. The maximum atomic E-state index is 5.37. The van der Waals surface area contributed by atoms with Crippen molar-refractivity contribution >= 4 is 11.8 Å². The molecule has 0 saturated carbocycles. The number of ether oxygens (including phenoxy) is 2. The first kappa shape index (κ1) is 15.7. The second kappa shape index (κ2) is 7.95. The molecule has 0 atom stereocenters. The van der Waals surface area contributed by atoms with Crippen LogP contribution in [0.2, 0.25) is 0 Å². The number of thioether (sulfide) groups is 1. The van der Waals surface area contributed by atoms with Crippen LogP contribution in [0.25, 0.3) is 0 Å². The van der Waals surface area contributed by atoms with Crippen molar-refractivity contribution in [3.8, 4) is 11.5 Å². The lowest BCUT2D eigenvalue weighted by Gasteiger charge is -2.14. The van der Waals surface area contributed by atoms with Gasteiger partial charge in [0.05, 0.1) is 20.5 Å². The average Bonchev–Trinajstić information content (AvgIpc) is 3.04. The molecule has 1 heterocycles. The van der Waals surface area contributed by atoms with E-state index in [0.717, 1.165) is 31.1 Å². The van der Waals surface area contributed by atoms with Gasteiger partial charge < -0.3 is 19.4 Å². The van der Waals surface area contributed by atoms with Crippen LogP contribution in [0.15, 0.2) is 35.7 Å². The Bertz CT molecular complexity index is 558. The zero-order chi connectivity index (χ0) is 15.1. The third-order valence-corrected chi connectivity index (χ3v) is 4.03. The normalized spacial score (nSPS) is 10.6. The molecule has 0 aliphatic carbocycles. The van der Waals surface area contributed by atoms with Gasteiger partial charge in [0.15, 0.2) is 11.5 Å². The third kappa shape index (κ3) is 4.15. The zero-order valence-corrected chi connectivity index (χ0v) is 13.4. The summed E-state index contributed by atoms with van der Waals surface area (Å²) in [6, 6.07) is 4.06. The predicted molar refractivity (Wildman–Crippen MR) is 85.3 cm³/mol. The van der Waals surface area contributed by atoms with E-state index in [-0.39, 0.29) is 0 Å². The first-order valence-electron chi connectivity index (χ1n) is 6.73. The summed E-state index contributed by atoms with van der Waals surface area (Å²) in [5.41, 5.74) is 1.21. The minimum Gasteiger partial charge on any atom is -0.493 e. The lowest BCUT2D eigenvalue weighted by Crippen LogP contribution is -2.19. The zero-order valence-electron chi connectivity index (χ0n) is 12.6. The smallest absolute Gasteiger partial charge is 0.161 e. The molecule has 0 amide bonds. The largest absolute Gasteiger partial charge is 0.493 e. The van der Waals surface area contributed by atoms with E-state index in [9.17, 15) is 0 Å². The van der Waals surface area contributed by atoms with Gasteiger partial charge in [-0.05, 0) is 24.0 Å². The quantitative estimate of drug-likeness (QED) is 0.599. The number of methoxy groups -OCH3 is 2. The van der Waals surface area contributed by atoms with E-state index in [4.69, 9.17) is 9.47 Å². The van der Waals surface area contributed by atoms with Gasteiger partial charge in [0.2, 0.25) is 0 Å². The van der Waals surface area contributed by atoms with Gasteiger partial charge in [-0.15, -0.1) is 11.8 Å². The van der Waals surface area contributed by atoms with Gasteiger partial charge in [-0.1, -0.05) is 0 Å². The highest BCUT2D eigenvalue weighted by Crippen LogP contribution is 2.34. The molecule has 2 aromatic rings. The predicted octanol–water partition coefficient (Wildman–Crippen LogP) is 2.41. The molecule has 21 heavy (non-hydrogen) atoms. The summed E-state index contributed by atoms with van der Waals surface area (Å²) >= 11 is 1.71. The van der Waals surface area contributed by atoms with Crippen molar-refractivity contribution in [3.05, 3.63) is 36.4 Å². The Kier molecular flexibility index (Phi) is 5.95. The lowest BCUT2D eigenvalue weighted by atomic mass is 10.2. The molecular formula is C15H21N3O2S. The van der Waals surface area contributed by atoms with E-state index in [0.29, 0.717) is 0 Å². The van der Waals surface area contributed by atoms with Crippen molar-refractivity contribution in [3.63, 3.8) is 0 Å². The number of rotatable bonds is 8. The number of hydrogen-bond acceptors (Lipinski definition) is 5. The number of nitrogens with zero attached hydrogens (tertiary/aromatic N) is 2. The Morgan fingerprint density at radius 3 is 2.62 bits per heavy atom. The van der Waals surface area contributed by atoms with Crippen LogP contribution in [0.5, 0.6) is 11.5 Å². The summed E-state index contributed by atoms with van der Waals surface area (Å²) in [7, 11) is 3.32. The van der Waals surface area contributed by atoms with E-state index >= 15 is 0 Å². The average molecular weight is 307 g/mol. The van der Waals surface area contributed by atoms with Crippen molar-refractivity contribution in [2.75, 3.05) is 27.0 Å². The number of imidazole rings is 1. The van der Waals surface area contributed by atoms with E-state index in [1.165, 1.54) is 10.5 Å². The summed E-state index contributed by atoms with van der Waals surface area (Å²) in [5, 5.41) is 3.45. The van der Waals surface area contributed by atoms with Crippen LogP contribution >= 0.6 is 11.8 Å². The van der Waals surface area contributed by atoms with Crippen LogP contribution in [0, 0.1) is 0 Å². The number of nitrogens with one attached hydrogen (secondary N) is 1. The molecule has 0 fully saturated rings. The summed E-state index contributed by atoms with van der Waals surface area (Å²) in [6.07, 6.45) is 7.65. The second-order valence-corrected chi connectivity index (χ2v) is 5.34. The fraction of sp³-hybridized carbons (Fsp3) is 0.400. The highest BCUT2D eigenvalue weighted by molar-refractivity contribution is 7.98. The van der Waals surface area contributed by atoms with Gasteiger partial charge in [-0.3, -0.25) is 0 Å². The number of aromatic nitrogens is 2. The second-order valence-electron chi connectivity index (χ2n) is 4.50. The highest BCUT2D eigenvalue weighted by atomic mass is 32.2. The topological polar surface area (TPSA) is 48.3 Å². The first-order valence-corrected chi connectivity index (χ1v) is 7.96. The van der Waals surface area contributed by atoms with E-state index in [1.54, 1.807) is 32.2 Å². The Labute approximate surface area is 129 Å². The van der Waals surface area contributed by atoms with Crippen LogP contribution in [0.4, 0.5) is 0 Å². The van der Waals surface area contributed by atoms with Crippen molar-refractivity contribution in [2.24, 2.45) is 0 Å². The summed E-state index contributed by atoms with van der Waals surface area (Å²) in [5.74, 6) is 1.53. The Morgan fingerprint density at radius 1 is 1.24 bits per heavy atom. The molecule has 0 radical (unpaired) electrons. The Hall–Kier alpha value is -1.66. The summed E-state index contributed by atoms with van der Waals surface area (Å²) in [6.45, 7) is 2.59. The molecule has 114 valence electrons. The molecule has 0 saturated heterocycles. The molecule has 2 rings (SSSR count). The van der Waals surface area contributed by atoms with Gasteiger partial charge >= 0.3 is 0 Å². The van der Waals surface area contributed by atoms with Gasteiger partial charge in [0, 0.05) is 36.9 Å². The Morgan fingerprint density at radius 2 is 2.00 bits per heavy atom. The van der Waals surface area contributed by atoms with Crippen LogP contribution in [-0.2, 0) is 13.1 Å². The molecule has 1 N–H and O–H groups in total. The molecule has 1 aromatic carbocycles. The monoisotopic (exact) mass is 307 g/mol. The van der Waals surface area contributed by atoms with Gasteiger partial charge in [-0.25, -0.2) is 4.98 Å². The van der Waals surface area contributed by atoms with Gasteiger partial charge in [0.1, 0.15) is 0 Å².